The third-order valence-electron chi connectivity index (χ3n) is 8.95. The van der Waals surface area contributed by atoms with Gasteiger partial charge in [-0.2, -0.15) is 0 Å². The zero-order valence-electron chi connectivity index (χ0n) is 22.3. The molecule has 3 aliphatic heterocycles. The fourth-order valence-electron chi connectivity index (χ4n) is 6.45. The third kappa shape index (κ3) is 3.68. The maximum atomic E-state index is 15.8. The first-order valence-electron chi connectivity index (χ1n) is 13.8. The van der Waals surface area contributed by atoms with Crippen molar-refractivity contribution in [3.05, 3.63) is 118 Å². The minimum Gasteiger partial charge on any atom is -0.478 e. The second-order valence-corrected chi connectivity index (χ2v) is 15.0. The lowest BCUT2D eigenvalue weighted by Gasteiger charge is -2.42. The number of anilines is 1. The van der Waals surface area contributed by atoms with E-state index in [-0.39, 0.29) is 5.56 Å². The highest BCUT2D eigenvalue weighted by Gasteiger charge is 2.46. The predicted octanol–water partition coefficient (Wildman–Crippen LogP) is 4.77. The van der Waals surface area contributed by atoms with Gasteiger partial charge in [-0.1, -0.05) is 42.9 Å². The number of carboxylic acids is 1. The normalized spacial score (nSPS) is 21.4. The van der Waals surface area contributed by atoms with Gasteiger partial charge in [0.15, 0.2) is 5.71 Å². The molecule has 4 aliphatic rings. The van der Waals surface area contributed by atoms with Crippen LogP contribution in [0.25, 0.3) is 5.57 Å². The van der Waals surface area contributed by atoms with Crippen molar-refractivity contribution in [2.24, 2.45) is 0 Å². The van der Waals surface area contributed by atoms with Gasteiger partial charge < -0.3 is 10.0 Å². The van der Waals surface area contributed by atoms with Crippen LogP contribution in [0.5, 0.6) is 0 Å². The Morgan fingerprint density at radius 3 is 2.27 bits per heavy atom. The molecular weight excluding hydrogens is 522 g/mol. The van der Waals surface area contributed by atoms with Gasteiger partial charge in [0.05, 0.1) is 17.5 Å². The largest absolute Gasteiger partial charge is 0.478 e. The van der Waals surface area contributed by atoms with E-state index in [2.05, 4.69) is 64.6 Å². The molecule has 4 nitrogen and oxygen atoms in total. The number of hydrogen-bond acceptors (Lipinski definition) is 2. The average Bonchev–Trinajstić information content (AvgIpc) is 2.89. The van der Waals surface area contributed by atoms with Crippen LogP contribution in [-0.2, 0) is 0 Å². The van der Waals surface area contributed by atoms with Crippen molar-refractivity contribution in [3.63, 3.8) is 0 Å². The smallest absolute Gasteiger partial charge is 0.335 e. The van der Waals surface area contributed by atoms with Gasteiger partial charge in [0.1, 0.15) is 32.8 Å². The molecule has 0 saturated carbocycles. The summed E-state index contributed by atoms with van der Waals surface area (Å²) >= 11 is 0. The van der Waals surface area contributed by atoms with Gasteiger partial charge in [-0.3, -0.25) is 0 Å². The van der Waals surface area contributed by atoms with E-state index in [1.54, 1.807) is 0 Å². The summed E-state index contributed by atoms with van der Waals surface area (Å²) in [6, 6.07) is 18.7. The SMILES string of the molecule is C[Si]1(c2ccccc2)C2=CC(=[N+]3CCC3)C=CC2=C(c2c(F)cc(C(=O)O)cc2F)c2ccc(N3CCC3)cc21. The molecular formula is C33H29F2N2O2Si+. The summed E-state index contributed by atoms with van der Waals surface area (Å²) in [6.45, 7) is 6.32. The Kier molecular flexibility index (Phi) is 5.75. The van der Waals surface area contributed by atoms with E-state index >= 15 is 8.78 Å². The second kappa shape index (κ2) is 9.23. The number of rotatable bonds is 4. The van der Waals surface area contributed by atoms with E-state index < -0.39 is 31.2 Å². The van der Waals surface area contributed by atoms with Crippen LogP contribution in [0.2, 0.25) is 6.55 Å². The minimum absolute atomic E-state index is 0.176. The lowest BCUT2D eigenvalue weighted by molar-refractivity contribution is -0.582. The number of aromatic carboxylic acids is 1. The van der Waals surface area contributed by atoms with Crippen molar-refractivity contribution < 1.29 is 23.3 Å². The predicted molar refractivity (Wildman–Crippen MR) is 157 cm³/mol. The highest BCUT2D eigenvalue weighted by Crippen LogP contribution is 2.43. The quantitative estimate of drug-likeness (QED) is 0.375. The number of halogens is 2. The molecule has 40 heavy (non-hydrogen) atoms. The fraction of sp³-hybridized carbons (Fsp3) is 0.212. The Labute approximate surface area is 232 Å². The molecule has 1 unspecified atom stereocenters. The highest BCUT2D eigenvalue weighted by molar-refractivity contribution is 7.08. The number of carbonyl (C=O) groups is 1. The lowest BCUT2D eigenvalue weighted by Crippen LogP contribution is -2.61. The van der Waals surface area contributed by atoms with Crippen molar-refractivity contribution in [2.45, 2.75) is 19.4 Å². The molecule has 0 spiro atoms. The summed E-state index contributed by atoms with van der Waals surface area (Å²) in [5.74, 6) is -3.10. The molecule has 200 valence electrons. The number of benzene rings is 3. The molecule has 0 bridgehead atoms. The molecule has 1 atom stereocenters. The summed E-state index contributed by atoms with van der Waals surface area (Å²) < 4.78 is 33.9. The van der Waals surface area contributed by atoms with Crippen LogP contribution < -0.4 is 15.3 Å². The first-order valence-corrected chi connectivity index (χ1v) is 16.3. The average molecular weight is 552 g/mol. The van der Waals surface area contributed by atoms with E-state index in [4.69, 9.17) is 0 Å². The summed E-state index contributed by atoms with van der Waals surface area (Å²) in [6.07, 6.45) is 8.61. The van der Waals surface area contributed by atoms with Crippen LogP contribution >= 0.6 is 0 Å². The molecule has 2 saturated heterocycles. The Bertz CT molecular complexity index is 1690. The molecule has 0 aromatic heterocycles. The van der Waals surface area contributed by atoms with Crippen molar-refractivity contribution in [3.8, 4) is 0 Å². The molecule has 1 N–H and O–H groups in total. The summed E-state index contributed by atoms with van der Waals surface area (Å²) in [5.41, 5.74) is 3.79. The van der Waals surface area contributed by atoms with E-state index in [1.165, 1.54) is 5.19 Å². The monoisotopic (exact) mass is 551 g/mol. The van der Waals surface area contributed by atoms with Crippen LogP contribution in [0.4, 0.5) is 14.5 Å². The molecule has 0 radical (unpaired) electrons. The third-order valence-corrected chi connectivity index (χ3v) is 13.4. The van der Waals surface area contributed by atoms with Crippen molar-refractivity contribution in [1.29, 1.82) is 0 Å². The number of nitrogens with zero attached hydrogens (tertiary/aromatic N) is 2. The summed E-state index contributed by atoms with van der Waals surface area (Å²) in [7, 11) is -2.64. The van der Waals surface area contributed by atoms with Crippen LogP contribution in [0.1, 0.15) is 34.3 Å². The van der Waals surface area contributed by atoms with Gasteiger partial charge in [0, 0.05) is 36.5 Å². The molecule has 3 aromatic carbocycles. The zero-order chi connectivity index (χ0) is 27.6. The van der Waals surface area contributed by atoms with Crippen LogP contribution in [0.15, 0.2) is 89.7 Å². The highest BCUT2D eigenvalue weighted by atomic mass is 28.3. The Morgan fingerprint density at radius 1 is 0.950 bits per heavy atom. The second-order valence-electron chi connectivity index (χ2n) is 11.1. The van der Waals surface area contributed by atoms with E-state index in [1.807, 2.05) is 18.2 Å². The van der Waals surface area contributed by atoms with E-state index in [9.17, 15) is 9.90 Å². The van der Waals surface area contributed by atoms with Gasteiger partial charge in [0.2, 0.25) is 0 Å². The summed E-state index contributed by atoms with van der Waals surface area (Å²) in [5, 5.41) is 12.9. The number of allylic oxidation sites excluding steroid dienone is 5. The van der Waals surface area contributed by atoms with Gasteiger partial charge in [-0.15, -0.1) is 0 Å². The van der Waals surface area contributed by atoms with Gasteiger partial charge in [-0.05, 0) is 63.5 Å². The number of fused-ring (bicyclic) bond motifs is 2. The fourth-order valence-corrected chi connectivity index (χ4v) is 10.6. The lowest BCUT2D eigenvalue weighted by atomic mass is 9.88. The van der Waals surface area contributed by atoms with E-state index in [0.29, 0.717) is 5.57 Å². The molecule has 2 fully saturated rings. The first kappa shape index (κ1) is 24.9. The number of carboxylic acid groups (broad SMARTS) is 1. The molecule has 3 aromatic rings. The van der Waals surface area contributed by atoms with Crippen molar-refractivity contribution >= 4 is 41.4 Å². The summed E-state index contributed by atoms with van der Waals surface area (Å²) in [4.78, 5) is 13.9. The molecule has 7 rings (SSSR count). The Hall–Kier alpha value is -4.10. The Balaban J connectivity index is 1.57. The van der Waals surface area contributed by atoms with E-state index in [0.717, 1.165) is 84.1 Å². The minimum atomic E-state index is -2.64. The Morgan fingerprint density at radius 2 is 1.68 bits per heavy atom. The van der Waals surface area contributed by atoms with Gasteiger partial charge in [-0.25, -0.2) is 18.2 Å². The first-order chi connectivity index (χ1) is 19.4. The molecule has 3 heterocycles. The molecule has 0 amide bonds. The van der Waals surface area contributed by atoms with Gasteiger partial charge >= 0.3 is 5.97 Å². The zero-order valence-corrected chi connectivity index (χ0v) is 23.3. The van der Waals surface area contributed by atoms with Crippen molar-refractivity contribution in [1.82, 2.24) is 0 Å². The van der Waals surface area contributed by atoms with Crippen molar-refractivity contribution in [2.75, 3.05) is 31.1 Å². The van der Waals surface area contributed by atoms with Crippen LogP contribution in [0.3, 0.4) is 0 Å². The van der Waals surface area contributed by atoms with Crippen LogP contribution in [-0.4, -0.2) is 55.6 Å². The van der Waals surface area contributed by atoms with Crippen LogP contribution in [0, 0.1) is 11.6 Å². The van der Waals surface area contributed by atoms with Gasteiger partial charge in [0.25, 0.3) is 0 Å². The number of hydrogen-bond donors (Lipinski definition) is 1. The maximum Gasteiger partial charge on any atom is 0.335 e. The topological polar surface area (TPSA) is 43.6 Å². The molecule has 1 aliphatic carbocycles. The molecule has 7 heteroatoms. The maximum absolute atomic E-state index is 15.8. The standard InChI is InChI=1S/C33H28F2N2O2Si/c1-40(24-7-3-2-4-8-24)29-19-22(36-13-5-14-36)9-11-25(29)31(32-27(34)17-21(33(38)39)18-28(32)35)26-12-10-23(20-30(26)40)37-15-6-16-37/h2-4,7-12,17-20H,5-6,13-16H2,1H3/p+1.